The van der Waals surface area contributed by atoms with Gasteiger partial charge in [0.2, 0.25) is 0 Å². The van der Waals surface area contributed by atoms with E-state index in [1.165, 1.54) is 19.3 Å². The van der Waals surface area contributed by atoms with Crippen LogP contribution in [0.3, 0.4) is 0 Å². The van der Waals surface area contributed by atoms with Crippen LogP contribution in [0.5, 0.6) is 0 Å². The fraction of sp³-hybridized carbons (Fsp3) is 0.500. The second-order valence-corrected chi connectivity index (χ2v) is 4.40. The van der Waals surface area contributed by atoms with Gasteiger partial charge in [-0.25, -0.2) is 4.98 Å². The number of pyridine rings is 1. The van der Waals surface area contributed by atoms with Crippen molar-refractivity contribution in [1.82, 2.24) is 10.4 Å². The monoisotopic (exact) mass is 226 g/mol. The molecule has 5 N–H and O–H groups in total. The Morgan fingerprint density at radius 1 is 1.53 bits per heavy atom. The molecule has 0 spiro atoms. The molecular weight excluding hydrogens is 212 g/mol. The van der Waals surface area contributed by atoms with E-state index in [4.69, 9.17) is 23.2 Å². The van der Waals surface area contributed by atoms with Crippen molar-refractivity contribution in [1.29, 1.82) is 0 Å². The summed E-state index contributed by atoms with van der Waals surface area (Å²) in [7, 11) is 0. The molecule has 0 amide bonds. The lowest BCUT2D eigenvalue weighted by molar-refractivity contribution is 0.232. The number of nitrogens with zero attached hydrogens (tertiary/aromatic N) is 1. The minimum absolute atomic E-state index is 0.0740. The van der Waals surface area contributed by atoms with E-state index in [1.807, 2.05) is 6.07 Å². The SMILES string of the molecule is NNC(c1cc(Cl)cnc1N)C1CCC1. The van der Waals surface area contributed by atoms with Gasteiger partial charge in [-0.1, -0.05) is 18.0 Å². The van der Waals surface area contributed by atoms with Gasteiger partial charge in [-0.05, 0) is 24.8 Å². The molecule has 1 unspecified atom stereocenters. The van der Waals surface area contributed by atoms with E-state index in [0.29, 0.717) is 16.8 Å². The summed E-state index contributed by atoms with van der Waals surface area (Å²) < 4.78 is 0. The number of hydrazine groups is 1. The maximum absolute atomic E-state index is 5.90. The summed E-state index contributed by atoms with van der Waals surface area (Å²) in [5.41, 5.74) is 9.54. The first kappa shape index (κ1) is 10.7. The molecule has 1 saturated carbocycles. The number of hydrogen-bond donors (Lipinski definition) is 3. The van der Waals surface area contributed by atoms with Crippen molar-refractivity contribution >= 4 is 17.4 Å². The van der Waals surface area contributed by atoms with E-state index in [0.717, 1.165) is 5.56 Å². The molecule has 1 fully saturated rings. The van der Waals surface area contributed by atoms with Crippen LogP contribution < -0.4 is 17.0 Å². The Hall–Kier alpha value is -0.840. The molecule has 2 rings (SSSR count). The van der Waals surface area contributed by atoms with E-state index >= 15 is 0 Å². The molecule has 1 aliphatic rings. The first-order chi connectivity index (χ1) is 7.22. The number of nitrogen functional groups attached to an aromatic ring is 1. The molecular formula is C10H15ClN4. The largest absolute Gasteiger partial charge is 0.383 e. The molecule has 1 aromatic heterocycles. The van der Waals surface area contributed by atoms with Crippen molar-refractivity contribution in [2.24, 2.45) is 11.8 Å². The van der Waals surface area contributed by atoms with Gasteiger partial charge in [0.25, 0.3) is 0 Å². The van der Waals surface area contributed by atoms with E-state index in [1.54, 1.807) is 6.20 Å². The molecule has 4 nitrogen and oxygen atoms in total. The standard InChI is InChI=1S/C10H15ClN4/c11-7-4-8(10(12)14-5-7)9(15-13)6-2-1-3-6/h4-6,9,15H,1-3,13H2,(H2,12,14). The Balaban J connectivity index is 2.28. The maximum atomic E-state index is 5.90. The Kier molecular flexibility index (Phi) is 3.09. The Morgan fingerprint density at radius 3 is 2.80 bits per heavy atom. The lowest BCUT2D eigenvalue weighted by atomic mass is 9.77. The summed E-state index contributed by atoms with van der Waals surface area (Å²) in [6, 6.07) is 1.91. The third-order valence-electron chi connectivity index (χ3n) is 3.05. The highest BCUT2D eigenvalue weighted by Gasteiger charge is 2.29. The smallest absolute Gasteiger partial charge is 0.128 e. The number of halogens is 1. The highest BCUT2D eigenvalue weighted by molar-refractivity contribution is 6.30. The summed E-state index contributed by atoms with van der Waals surface area (Å²) in [4.78, 5) is 4.04. The number of nitrogens with two attached hydrogens (primary N) is 2. The number of rotatable bonds is 3. The molecule has 15 heavy (non-hydrogen) atoms. The third kappa shape index (κ3) is 2.07. The fourth-order valence-electron chi connectivity index (χ4n) is 1.97. The molecule has 1 atom stereocenters. The van der Waals surface area contributed by atoms with Crippen molar-refractivity contribution in [2.75, 3.05) is 5.73 Å². The van der Waals surface area contributed by atoms with E-state index in [9.17, 15) is 0 Å². The van der Waals surface area contributed by atoms with Crippen molar-refractivity contribution in [2.45, 2.75) is 25.3 Å². The molecule has 1 aliphatic carbocycles. The van der Waals surface area contributed by atoms with Gasteiger partial charge in [0.15, 0.2) is 0 Å². The number of hydrogen-bond acceptors (Lipinski definition) is 4. The topological polar surface area (TPSA) is 77.0 Å². The highest BCUT2D eigenvalue weighted by Crippen LogP contribution is 2.39. The van der Waals surface area contributed by atoms with Crippen LogP contribution in [0.25, 0.3) is 0 Å². The van der Waals surface area contributed by atoms with Gasteiger partial charge in [0, 0.05) is 11.8 Å². The molecule has 0 aliphatic heterocycles. The molecule has 5 heteroatoms. The van der Waals surface area contributed by atoms with Crippen molar-refractivity contribution in [3.05, 3.63) is 22.8 Å². The van der Waals surface area contributed by atoms with E-state index < -0.39 is 0 Å². The first-order valence-electron chi connectivity index (χ1n) is 5.09. The summed E-state index contributed by atoms with van der Waals surface area (Å²) in [6.45, 7) is 0. The molecule has 0 saturated heterocycles. The predicted molar refractivity (Wildman–Crippen MR) is 61.1 cm³/mol. The summed E-state index contributed by atoms with van der Waals surface area (Å²) in [5.74, 6) is 6.62. The second kappa shape index (κ2) is 4.35. The van der Waals surface area contributed by atoms with Gasteiger partial charge < -0.3 is 5.73 Å². The molecule has 0 radical (unpaired) electrons. The van der Waals surface area contributed by atoms with Crippen LogP contribution in [0.4, 0.5) is 5.82 Å². The van der Waals surface area contributed by atoms with Crippen LogP contribution in [0.2, 0.25) is 5.02 Å². The zero-order valence-electron chi connectivity index (χ0n) is 8.41. The average molecular weight is 227 g/mol. The van der Waals surface area contributed by atoms with Crippen LogP contribution in [-0.2, 0) is 0 Å². The summed E-state index contributed by atoms with van der Waals surface area (Å²) in [6.07, 6.45) is 5.17. The molecule has 1 heterocycles. The zero-order valence-corrected chi connectivity index (χ0v) is 9.17. The maximum Gasteiger partial charge on any atom is 0.128 e. The highest BCUT2D eigenvalue weighted by atomic mass is 35.5. The van der Waals surface area contributed by atoms with E-state index in [-0.39, 0.29) is 6.04 Å². The lowest BCUT2D eigenvalue weighted by Crippen LogP contribution is -2.37. The van der Waals surface area contributed by atoms with Gasteiger partial charge in [-0.2, -0.15) is 0 Å². The van der Waals surface area contributed by atoms with Crippen molar-refractivity contribution in [3.63, 3.8) is 0 Å². The van der Waals surface area contributed by atoms with Crippen molar-refractivity contribution in [3.8, 4) is 0 Å². The summed E-state index contributed by atoms with van der Waals surface area (Å²) >= 11 is 5.90. The average Bonchev–Trinajstić information content (AvgIpc) is 2.15. The molecule has 0 aromatic carbocycles. The number of nitrogens with one attached hydrogen (secondary N) is 1. The quantitative estimate of drug-likeness (QED) is 0.541. The zero-order chi connectivity index (χ0) is 10.8. The summed E-state index contributed by atoms with van der Waals surface area (Å²) in [5, 5.41) is 0.596. The van der Waals surface area contributed by atoms with Crippen LogP contribution >= 0.6 is 11.6 Å². The minimum atomic E-state index is 0.0740. The van der Waals surface area contributed by atoms with Gasteiger partial charge in [0.05, 0.1) is 11.1 Å². The first-order valence-corrected chi connectivity index (χ1v) is 5.47. The Bertz CT molecular complexity index is 351. The molecule has 0 bridgehead atoms. The molecule has 1 aromatic rings. The van der Waals surface area contributed by atoms with E-state index in [2.05, 4.69) is 10.4 Å². The number of aromatic nitrogens is 1. The van der Waals surface area contributed by atoms with Gasteiger partial charge in [-0.3, -0.25) is 11.3 Å². The predicted octanol–water partition coefficient (Wildman–Crippen LogP) is 1.62. The normalized spacial score (nSPS) is 18.5. The Morgan fingerprint density at radius 2 is 2.27 bits per heavy atom. The van der Waals surface area contributed by atoms with Crippen LogP contribution in [-0.4, -0.2) is 4.98 Å². The van der Waals surface area contributed by atoms with Gasteiger partial charge >= 0.3 is 0 Å². The van der Waals surface area contributed by atoms with Gasteiger partial charge in [0.1, 0.15) is 5.82 Å². The fourth-order valence-corrected chi connectivity index (χ4v) is 2.13. The Labute approximate surface area is 94.0 Å². The van der Waals surface area contributed by atoms with Crippen LogP contribution in [0, 0.1) is 5.92 Å². The van der Waals surface area contributed by atoms with Crippen molar-refractivity contribution < 1.29 is 0 Å². The van der Waals surface area contributed by atoms with Crippen LogP contribution in [0.15, 0.2) is 12.3 Å². The lowest BCUT2D eigenvalue weighted by Gasteiger charge is -2.33. The second-order valence-electron chi connectivity index (χ2n) is 3.96. The molecule has 82 valence electrons. The van der Waals surface area contributed by atoms with Gasteiger partial charge in [-0.15, -0.1) is 0 Å². The number of anilines is 1. The van der Waals surface area contributed by atoms with Crippen LogP contribution in [0.1, 0.15) is 30.9 Å². The minimum Gasteiger partial charge on any atom is -0.383 e. The third-order valence-corrected chi connectivity index (χ3v) is 3.26.